The van der Waals surface area contributed by atoms with Crippen molar-refractivity contribution in [2.75, 3.05) is 6.61 Å². The van der Waals surface area contributed by atoms with Crippen LogP contribution < -0.4 is 5.32 Å². The molecular formula is C17H22N2O2S. The van der Waals surface area contributed by atoms with Gasteiger partial charge in [-0.2, -0.15) is 0 Å². The minimum absolute atomic E-state index is 0.0421. The molecular weight excluding hydrogens is 296 g/mol. The number of benzene rings is 1. The lowest BCUT2D eigenvalue weighted by molar-refractivity contribution is 0.0912. The number of aromatic nitrogens is 1. The van der Waals surface area contributed by atoms with Crippen LogP contribution in [0.1, 0.15) is 40.5 Å². The van der Waals surface area contributed by atoms with Crippen molar-refractivity contribution in [3.63, 3.8) is 0 Å². The predicted molar refractivity (Wildman–Crippen MR) is 89.2 cm³/mol. The maximum atomic E-state index is 12.2. The summed E-state index contributed by atoms with van der Waals surface area (Å²) in [6, 6.07) is 9.86. The molecule has 4 nitrogen and oxygen atoms in total. The molecule has 0 saturated heterocycles. The SMILES string of the molecule is CC(C)CC(CO)NC(=O)c1cnc(Cc2ccccc2)s1. The van der Waals surface area contributed by atoms with Crippen LogP contribution in [0.5, 0.6) is 0 Å². The molecule has 0 fully saturated rings. The van der Waals surface area contributed by atoms with Crippen molar-refractivity contribution in [1.82, 2.24) is 10.3 Å². The van der Waals surface area contributed by atoms with Crippen LogP contribution in [0.2, 0.25) is 0 Å². The minimum atomic E-state index is -0.202. The number of hydrogen-bond acceptors (Lipinski definition) is 4. The van der Waals surface area contributed by atoms with Crippen molar-refractivity contribution < 1.29 is 9.90 Å². The van der Waals surface area contributed by atoms with Gasteiger partial charge < -0.3 is 10.4 Å². The Morgan fingerprint density at radius 1 is 1.32 bits per heavy atom. The standard InChI is InChI=1S/C17H22N2O2S/c1-12(2)8-14(11-20)19-17(21)15-10-18-16(22-15)9-13-6-4-3-5-7-13/h3-7,10,12,14,20H,8-9,11H2,1-2H3,(H,19,21). The highest BCUT2D eigenvalue weighted by molar-refractivity contribution is 7.13. The van der Waals surface area contributed by atoms with Crippen molar-refractivity contribution in [3.05, 3.63) is 52.0 Å². The number of amides is 1. The third-order valence-electron chi connectivity index (χ3n) is 3.29. The van der Waals surface area contributed by atoms with E-state index < -0.39 is 0 Å². The van der Waals surface area contributed by atoms with Gasteiger partial charge in [0.1, 0.15) is 4.88 Å². The van der Waals surface area contributed by atoms with Crippen LogP contribution in [0.3, 0.4) is 0 Å². The Morgan fingerprint density at radius 2 is 2.05 bits per heavy atom. The van der Waals surface area contributed by atoms with Crippen molar-refractivity contribution in [3.8, 4) is 0 Å². The number of thiazole rings is 1. The molecule has 2 rings (SSSR count). The molecule has 5 heteroatoms. The van der Waals surface area contributed by atoms with Gasteiger partial charge in [0.2, 0.25) is 0 Å². The Labute approximate surface area is 135 Å². The van der Waals surface area contributed by atoms with Crippen LogP contribution in [0.25, 0.3) is 0 Å². The van der Waals surface area contributed by atoms with E-state index in [1.54, 1.807) is 6.20 Å². The lowest BCUT2D eigenvalue weighted by atomic mass is 10.0. The number of carbonyl (C=O) groups is 1. The van der Waals surface area contributed by atoms with E-state index in [1.807, 2.05) is 30.3 Å². The first-order valence-corrected chi connectivity index (χ1v) is 8.30. The lowest BCUT2D eigenvalue weighted by Crippen LogP contribution is -2.38. The molecule has 2 aromatic rings. The van der Waals surface area contributed by atoms with Crippen LogP contribution in [-0.2, 0) is 6.42 Å². The van der Waals surface area contributed by atoms with Crippen LogP contribution in [-0.4, -0.2) is 28.6 Å². The van der Waals surface area contributed by atoms with Crippen molar-refractivity contribution >= 4 is 17.2 Å². The van der Waals surface area contributed by atoms with Crippen LogP contribution >= 0.6 is 11.3 Å². The fraction of sp³-hybridized carbons (Fsp3) is 0.412. The predicted octanol–water partition coefficient (Wildman–Crippen LogP) is 2.87. The Kier molecular flexibility index (Phi) is 6.10. The zero-order valence-electron chi connectivity index (χ0n) is 13.0. The molecule has 1 unspecified atom stereocenters. The molecule has 1 atom stereocenters. The van der Waals surface area contributed by atoms with Crippen LogP contribution in [0.4, 0.5) is 0 Å². The van der Waals surface area contributed by atoms with Gasteiger partial charge in [-0.3, -0.25) is 4.79 Å². The lowest BCUT2D eigenvalue weighted by Gasteiger charge is -2.17. The van der Waals surface area contributed by atoms with Crippen molar-refractivity contribution in [1.29, 1.82) is 0 Å². The quantitative estimate of drug-likeness (QED) is 0.825. The second kappa shape index (κ2) is 8.06. The van der Waals surface area contributed by atoms with Gasteiger partial charge >= 0.3 is 0 Å². The van der Waals surface area contributed by atoms with Gasteiger partial charge in [-0.25, -0.2) is 4.98 Å². The number of aliphatic hydroxyl groups is 1. The summed E-state index contributed by atoms with van der Waals surface area (Å²) in [7, 11) is 0. The van der Waals surface area contributed by atoms with Gasteiger partial charge in [0, 0.05) is 6.42 Å². The molecule has 22 heavy (non-hydrogen) atoms. The maximum absolute atomic E-state index is 12.2. The molecule has 1 aromatic heterocycles. The number of nitrogens with zero attached hydrogens (tertiary/aromatic N) is 1. The Hall–Kier alpha value is -1.72. The zero-order chi connectivity index (χ0) is 15.9. The third kappa shape index (κ3) is 4.93. The van der Waals surface area contributed by atoms with E-state index in [9.17, 15) is 9.90 Å². The smallest absolute Gasteiger partial charge is 0.263 e. The summed E-state index contributed by atoms with van der Waals surface area (Å²) in [5.41, 5.74) is 1.18. The second-order valence-corrected chi connectivity index (χ2v) is 6.88. The number of carbonyl (C=O) groups excluding carboxylic acids is 1. The number of hydrogen-bond donors (Lipinski definition) is 2. The van der Waals surface area contributed by atoms with Crippen LogP contribution in [0.15, 0.2) is 36.5 Å². The molecule has 0 aliphatic carbocycles. The largest absolute Gasteiger partial charge is 0.394 e. The molecule has 1 amide bonds. The van der Waals surface area contributed by atoms with Crippen molar-refractivity contribution in [2.24, 2.45) is 5.92 Å². The summed E-state index contributed by atoms with van der Waals surface area (Å²) >= 11 is 1.40. The normalized spacial score (nSPS) is 12.4. The summed E-state index contributed by atoms with van der Waals surface area (Å²) in [6.45, 7) is 4.10. The van der Waals surface area contributed by atoms with Gasteiger partial charge in [-0.15, -0.1) is 11.3 Å². The third-order valence-corrected chi connectivity index (χ3v) is 4.28. The first-order valence-electron chi connectivity index (χ1n) is 7.48. The van der Waals surface area contributed by atoms with Gasteiger partial charge in [0.15, 0.2) is 0 Å². The van der Waals surface area contributed by atoms with Gasteiger partial charge in [-0.05, 0) is 17.9 Å². The first kappa shape index (κ1) is 16.6. The number of nitrogens with one attached hydrogen (secondary N) is 1. The molecule has 0 bridgehead atoms. The second-order valence-electron chi connectivity index (χ2n) is 5.76. The highest BCUT2D eigenvalue weighted by Crippen LogP contribution is 2.17. The van der Waals surface area contributed by atoms with E-state index in [4.69, 9.17) is 0 Å². The number of rotatable bonds is 7. The van der Waals surface area contributed by atoms with Crippen molar-refractivity contribution in [2.45, 2.75) is 32.7 Å². The van der Waals surface area contributed by atoms with E-state index in [1.165, 1.54) is 16.9 Å². The molecule has 0 radical (unpaired) electrons. The van der Waals surface area contributed by atoms with Crippen LogP contribution in [0, 0.1) is 5.92 Å². The first-order chi connectivity index (χ1) is 10.6. The highest BCUT2D eigenvalue weighted by atomic mass is 32.1. The summed E-state index contributed by atoms with van der Waals surface area (Å²) in [6.07, 6.45) is 3.11. The van der Waals surface area contributed by atoms with E-state index in [0.29, 0.717) is 10.8 Å². The molecule has 2 N–H and O–H groups in total. The molecule has 0 aliphatic rings. The van der Waals surface area contributed by atoms with E-state index in [-0.39, 0.29) is 18.6 Å². The minimum Gasteiger partial charge on any atom is -0.394 e. The van der Waals surface area contributed by atoms with Gasteiger partial charge in [0.05, 0.1) is 23.9 Å². The summed E-state index contributed by atoms with van der Waals surface area (Å²) in [5, 5.41) is 13.1. The monoisotopic (exact) mass is 318 g/mol. The van der Waals surface area contributed by atoms with E-state index >= 15 is 0 Å². The van der Waals surface area contributed by atoms with Gasteiger partial charge in [-0.1, -0.05) is 44.2 Å². The molecule has 1 heterocycles. The fourth-order valence-electron chi connectivity index (χ4n) is 2.27. The Bertz CT molecular complexity index is 596. The molecule has 118 valence electrons. The fourth-order valence-corrected chi connectivity index (χ4v) is 3.13. The average Bonchev–Trinajstić information content (AvgIpc) is 2.95. The summed E-state index contributed by atoms with van der Waals surface area (Å²) in [4.78, 5) is 17.1. The summed E-state index contributed by atoms with van der Waals surface area (Å²) < 4.78 is 0. The zero-order valence-corrected chi connectivity index (χ0v) is 13.8. The molecule has 0 spiro atoms. The van der Waals surface area contributed by atoms with E-state index in [0.717, 1.165) is 17.8 Å². The Balaban J connectivity index is 1.96. The summed E-state index contributed by atoms with van der Waals surface area (Å²) in [5.74, 6) is 0.268. The Morgan fingerprint density at radius 3 is 2.68 bits per heavy atom. The molecule has 0 aliphatic heterocycles. The average molecular weight is 318 g/mol. The molecule has 1 aromatic carbocycles. The molecule has 0 saturated carbocycles. The maximum Gasteiger partial charge on any atom is 0.263 e. The number of aliphatic hydroxyl groups excluding tert-OH is 1. The van der Waals surface area contributed by atoms with Gasteiger partial charge in [0.25, 0.3) is 5.91 Å². The highest BCUT2D eigenvalue weighted by Gasteiger charge is 2.16. The topological polar surface area (TPSA) is 62.2 Å². The van der Waals surface area contributed by atoms with E-state index in [2.05, 4.69) is 24.1 Å².